The fourth-order valence-electron chi connectivity index (χ4n) is 5.92. The first-order chi connectivity index (χ1) is 22.1. The number of imide groups is 2. The summed E-state index contributed by atoms with van der Waals surface area (Å²) >= 11 is 0. The lowest BCUT2D eigenvalue weighted by Crippen LogP contribution is -2.55. The van der Waals surface area contributed by atoms with Crippen LogP contribution < -0.4 is 9.80 Å². The fraction of sp³-hybridized carbons (Fsp3) is 0.0857. The molecule has 6 rings (SSSR count). The van der Waals surface area contributed by atoms with Gasteiger partial charge in [-0.25, -0.2) is 9.80 Å². The van der Waals surface area contributed by atoms with Gasteiger partial charge in [-0.2, -0.15) is 26.3 Å². The zero-order valence-corrected chi connectivity index (χ0v) is 23.9. The minimum absolute atomic E-state index is 0.0479. The monoisotopic (exact) mass is 646 g/mol. The highest BCUT2D eigenvalue weighted by Gasteiger charge is 2.73. The van der Waals surface area contributed by atoms with Crippen LogP contribution in [0.3, 0.4) is 0 Å². The van der Waals surface area contributed by atoms with Crippen molar-refractivity contribution in [3.8, 4) is 0 Å². The molecule has 0 fully saturated rings. The quantitative estimate of drug-likeness (QED) is 0.157. The second-order valence-electron chi connectivity index (χ2n) is 10.7. The van der Waals surface area contributed by atoms with Crippen LogP contribution in [0.15, 0.2) is 98.1 Å². The number of benzene rings is 4. The number of hydrogen-bond donors (Lipinski definition) is 0. The van der Waals surface area contributed by atoms with Crippen LogP contribution in [-0.4, -0.2) is 36.0 Å². The number of hydrogen-bond acceptors (Lipinski definition) is 4. The van der Waals surface area contributed by atoms with Gasteiger partial charge in [0.25, 0.3) is 23.6 Å². The molecule has 0 atom stereocenters. The third kappa shape index (κ3) is 4.50. The number of carbonyl (C=O) groups excluding carboxylic acids is 4. The summed E-state index contributed by atoms with van der Waals surface area (Å²) in [7, 11) is 0. The summed E-state index contributed by atoms with van der Waals surface area (Å²) in [5.74, 6) is -4.11. The molecule has 0 radical (unpaired) electrons. The van der Waals surface area contributed by atoms with Crippen molar-refractivity contribution in [1.82, 2.24) is 0 Å². The number of carbonyl (C=O) groups is 4. The molecule has 0 spiro atoms. The number of halogens is 6. The lowest BCUT2D eigenvalue weighted by Gasteiger charge is -2.38. The lowest BCUT2D eigenvalue weighted by molar-refractivity contribution is -0.288. The first kappa shape index (κ1) is 31.2. The van der Waals surface area contributed by atoms with Crippen molar-refractivity contribution in [2.45, 2.75) is 17.8 Å². The Kier molecular flexibility index (Phi) is 7.07. The Morgan fingerprint density at radius 1 is 0.468 bits per heavy atom. The number of fused-ring (bicyclic) bond motifs is 2. The van der Waals surface area contributed by atoms with Crippen LogP contribution >= 0.6 is 0 Å². The van der Waals surface area contributed by atoms with Gasteiger partial charge >= 0.3 is 12.4 Å². The molecule has 0 bridgehead atoms. The lowest BCUT2D eigenvalue weighted by atomic mass is 9.71. The number of nitrogens with zero attached hydrogens (tertiary/aromatic N) is 2. The van der Waals surface area contributed by atoms with Gasteiger partial charge in [0, 0.05) is 0 Å². The van der Waals surface area contributed by atoms with E-state index in [9.17, 15) is 19.2 Å². The van der Waals surface area contributed by atoms with Crippen molar-refractivity contribution in [2.24, 2.45) is 0 Å². The largest absolute Gasteiger partial charge is 0.411 e. The van der Waals surface area contributed by atoms with Gasteiger partial charge in [0.2, 0.25) is 5.41 Å². The molecule has 236 valence electrons. The average Bonchev–Trinajstić information content (AvgIpc) is 3.43. The van der Waals surface area contributed by atoms with E-state index in [-0.39, 0.29) is 11.4 Å². The highest BCUT2D eigenvalue weighted by molar-refractivity contribution is 6.35. The maximum absolute atomic E-state index is 15.1. The van der Waals surface area contributed by atoms with Crippen LogP contribution in [0.4, 0.5) is 37.7 Å². The van der Waals surface area contributed by atoms with E-state index in [1.165, 1.54) is 60.7 Å². The summed E-state index contributed by atoms with van der Waals surface area (Å²) in [6, 6.07) is 14.9. The van der Waals surface area contributed by atoms with Crippen molar-refractivity contribution < 1.29 is 45.5 Å². The molecular formula is C35H20F6N2O4. The summed E-state index contributed by atoms with van der Waals surface area (Å²) in [5.41, 5.74) is -8.33. The Morgan fingerprint density at radius 3 is 1.09 bits per heavy atom. The summed E-state index contributed by atoms with van der Waals surface area (Å²) < 4.78 is 90.4. The molecule has 6 nitrogen and oxygen atoms in total. The predicted molar refractivity (Wildman–Crippen MR) is 161 cm³/mol. The molecule has 2 heterocycles. The van der Waals surface area contributed by atoms with E-state index >= 15 is 26.3 Å². The van der Waals surface area contributed by atoms with Crippen molar-refractivity contribution in [3.63, 3.8) is 0 Å². The Labute approximate surface area is 262 Å². The standard InChI is InChI=1S/C35H20F6N2O4/c1-3-19-5-11-23(12-6-19)42-29(44)25-15-9-21(17-27(25)31(42)46)33(34(36,37)38,35(39,40)41)22-10-16-26-28(18-22)32(47)43(30(26)45)24-13-7-20(4-2)8-14-24/h3-18H,1-2H2. The zero-order valence-electron chi connectivity index (χ0n) is 23.9. The second-order valence-corrected chi connectivity index (χ2v) is 10.7. The average molecular weight is 647 g/mol. The van der Waals surface area contributed by atoms with E-state index in [0.29, 0.717) is 45.2 Å². The molecule has 0 saturated heterocycles. The summed E-state index contributed by atoms with van der Waals surface area (Å²) in [5, 5.41) is 0. The Balaban J connectivity index is 1.49. The van der Waals surface area contributed by atoms with E-state index < -0.39 is 74.8 Å². The van der Waals surface area contributed by atoms with Crippen molar-refractivity contribution in [2.75, 3.05) is 9.80 Å². The Bertz CT molecular complexity index is 1880. The fourth-order valence-corrected chi connectivity index (χ4v) is 5.92. The maximum Gasteiger partial charge on any atom is 0.411 e. The van der Waals surface area contributed by atoms with Gasteiger partial charge in [-0.05, 0) is 70.8 Å². The van der Waals surface area contributed by atoms with Crippen LogP contribution in [0.25, 0.3) is 12.2 Å². The number of amides is 4. The highest BCUT2D eigenvalue weighted by Crippen LogP contribution is 2.57. The van der Waals surface area contributed by atoms with E-state index in [1.54, 1.807) is 0 Å². The van der Waals surface area contributed by atoms with Gasteiger partial charge in [-0.1, -0.05) is 61.7 Å². The van der Waals surface area contributed by atoms with E-state index in [2.05, 4.69) is 13.2 Å². The first-order valence-electron chi connectivity index (χ1n) is 13.8. The topological polar surface area (TPSA) is 74.8 Å². The van der Waals surface area contributed by atoms with Gasteiger partial charge in [0.15, 0.2) is 0 Å². The third-order valence-corrected chi connectivity index (χ3v) is 8.26. The van der Waals surface area contributed by atoms with Gasteiger partial charge in [0.1, 0.15) is 0 Å². The molecule has 4 aromatic rings. The minimum atomic E-state index is -6.08. The molecule has 4 amide bonds. The van der Waals surface area contributed by atoms with Crippen molar-refractivity contribution in [1.29, 1.82) is 0 Å². The van der Waals surface area contributed by atoms with Crippen molar-refractivity contribution >= 4 is 47.2 Å². The summed E-state index contributed by atoms with van der Waals surface area (Å²) in [4.78, 5) is 54.3. The van der Waals surface area contributed by atoms with E-state index in [4.69, 9.17) is 0 Å². The molecule has 47 heavy (non-hydrogen) atoms. The number of anilines is 2. The van der Waals surface area contributed by atoms with Crippen LogP contribution in [0.5, 0.6) is 0 Å². The molecule has 2 aliphatic rings. The predicted octanol–water partition coefficient (Wildman–Crippen LogP) is 7.98. The minimum Gasteiger partial charge on any atom is -0.268 e. The molecular weight excluding hydrogens is 626 g/mol. The molecule has 0 aliphatic carbocycles. The van der Waals surface area contributed by atoms with Crippen LogP contribution in [0.1, 0.15) is 63.7 Å². The Morgan fingerprint density at radius 2 is 0.787 bits per heavy atom. The molecule has 4 aromatic carbocycles. The summed E-state index contributed by atoms with van der Waals surface area (Å²) in [6.45, 7) is 7.19. The van der Waals surface area contributed by atoms with Crippen molar-refractivity contribution in [3.05, 3.63) is 143 Å². The van der Waals surface area contributed by atoms with Gasteiger partial charge in [-0.3, -0.25) is 19.2 Å². The third-order valence-electron chi connectivity index (χ3n) is 8.26. The second kappa shape index (κ2) is 10.6. The maximum atomic E-state index is 15.1. The summed E-state index contributed by atoms with van der Waals surface area (Å²) in [6.07, 6.45) is -9.17. The first-order valence-corrected chi connectivity index (χ1v) is 13.8. The molecule has 0 N–H and O–H groups in total. The normalized spacial score (nSPS) is 14.9. The molecule has 12 heteroatoms. The molecule has 0 aromatic heterocycles. The highest BCUT2D eigenvalue weighted by atomic mass is 19.4. The van der Waals surface area contributed by atoms with E-state index in [1.807, 2.05) is 0 Å². The zero-order chi connectivity index (χ0) is 34.1. The van der Waals surface area contributed by atoms with E-state index in [0.717, 1.165) is 12.1 Å². The number of rotatable bonds is 6. The van der Waals surface area contributed by atoms with Gasteiger partial charge in [0.05, 0.1) is 33.6 Å². The van der Waals surface area contributed by atoms with Crippen LogP contribution in [-0.2, 0) is 5.41 Å². The van der Waals surface area contributed by atoms with Gasteiger partial charge in [-0.15, -0.1) is 0 Å². The molecule has 2 aliphatic heterocycles. The molecule has 0 unspecified atom stereocenters. The SMILES string of the molecule is C=Cc1ccc(N2C(=O)c3ccc(C(c4ccc5c(c4)C(=O)N(c4ccc(C=C)cc4)C5=O)(C(F)(F)F)C(F)(F)F)cc3C2=O)cc1. The van der Waals surface area contributed by atoms with Crippen LogP contribution in [0.2, 0.25) is 0 Å². The van der Waals surface area contributed by atoms with Gasteiger partial charge < -0.3 is 0 Å². The Hall–Kier alpha value is -5.78. The smallest absolute Gasteiger partial charge is 0.268 e. The van der Waals surface area contributed by atoms with Crippen LogP contribution in [0, 0.1) is 0 Å². The molecule has 0 saturated carbocycles. The number of alkyl halides is 6.